The summed E-state index contributed by atoms with van der Waals surface area (Å²) in [6, 6.07) is 21.3. The van der Waals surface area contributed by atoms with Crippen molar-refractivity contribution in [3.63, 3.8) is 0 Å². The minimum Gasteiger partial charge on any atom is -0.278 e. The highest BCUT2D eigenvalue weighted by atomic mass is 32.2. The lowest BCUT2D eigenvalue weighted by Crippen LogP contribution is -2.18. The zero-order valence-electron chi connectivity index (χ0n) is 13.5. The second-order valence-electron chi connectivity index (χ2n) is 5.54. The first-order chi connectivity index (χ1) is 12.3. The van der Waals surface area contributed by atoms with Crippen molar-refractivity contribution >= 4 is 25.7 Å². The number of anilines is 1. The molecule has 0 radical (unpaired) electrons. The van der Waals surface area contributed by atoms with Gasteiger partial charge in [-0.15, -0.1) is 0 Å². The number of sulfonamides is 2. The molecule has 0 amide bonds. The Bertz CT molecular complexity index is 1140. The predicted octanol–water partition coefficient (Wildman–Crippen LogP) is 2.80. The maximum absolute atomic E-state index is 12.7. The van der Waals surface area contributed by atoms with Gasteiger partial charge in [-0.05, 0) is 35.4 Å². The van der Waals surface area contributed by atoms with E-state index in [1.807, 2.05) is 30.3 Å². The molecule has 0 atom stereocenters. The molecule has 0 aliphatic rings. The Morgan fingerprint density at radius 2 is 1.31 bits per heavy atom. The normalized spacial score (nSPS) is 11.9. The molecule has 0 unspecified atom stereocenters. The van der Waals surface area contributed by atoms with Crippen LogP contribution in [0.4, 0.5) is 5.69 Å². The lowest BCUT2D eigenvalue weighted by molar-refractivity contribution is 0.598. The summed E-state index contributed by atoms with van der Waals surface area (Å²) in [6.45, 7) is 0. The summed E-state index contributed by atoms with van der Waals surface area (Å²) in [5, 5.41) is 5.15. The van der Waals surface area contributed by atoms with Gasteiger partial charge < -0.3 is 0 Å². The smallest absolute Gasteiger partial charge is 0.261 e. The summed E-state index contributed by atoms with van der Waals surface area (Å²) in [7, 11) is -8.06. The van der Waals surface area contributed by atoms with Crippen molar-refractivity contribution in [2.24, 2.45) is 5.14 Å². The number of rotatable bonds is 5. The monoisotopic (exact) mass is 388 g/mol. The van der Waals surface area contributed by atoms with Gasteiger partial charge in [-0.2, -0.15) is 0 Å². The van der Waals surface area contributed by atoms with Crippen LogP contribution in [0.3, 0.4) is 0 Å². The van der Waals surface area contributed by atoms with Gasteiger partial charge in [-0.3, -0.25) is 4.72 Å². The molecule has 3 rings (SSSR count). The largest absolute Gasteiger partial charge is 0.278 e. The van der Waals surface area contributed by atoms with Crippen molar-refractivity contribution in [1.82, 2.24) is 0 Å². The molecule has 0 fully saturated rings. The molecule has 3 aromatic rings. The Morgan fingerprint density at radius 3 is 2.00 bits per heavy atom. The van der Waals surface area contributed by atoms with Gasteiger partial charge in [-0.1, -0.05) is 54.6 Å². The van der Waals surface area contributed by atoms with E-state index in [1.165, 1.54) is 36.4 Å². The summed E-state index contributed by atoms with van der Waals surface area (Å²) in [5.41, 5.74) is 1.50. The standard InChI is InChI=1S/C18H16N2O4S2/c19-25(21,22)18-12-5-4-11-17(18)20-26(23,24)16-10-6-9-15(13-16)14-7-2-1-3-8-14/h1-13,20H,(H2,19,21,22). The first kappa shape index (κ1) is 18.1. The molecule has 3 N–H and O–H groups in total. The summed E-state index contributed by atoms with van der Waals surface area (Å²) in [4.78, 5) is -0.272. The summed E-state index contributed by atoms with van der Waals surface area (Å²) < 4.78 is 51.1. The SMILES string of the molecule is NS(=O)(=O)c1ccccc1NS(=O)(=O)c1cccc(-c2ccccc2)c1. The Kier molecular flexibility index (Phi) is 4.82. The van der Waals surface area contributed by atoms with Gasteiger partial charge in [0.2, 0.25) is 10.0 Å². The first-order valence-corrected chi connectivity index (χ1v) is 10.6. The van der Waals surface area contributed by atoms with Crippen LogP contribution in [0.2, 0.25) is 0 Å². The number of hydrogen-bond acceptors (Lipinski definition) is 4. The first-order valence-electron chi connectivity index (χ1n) is 7.57. The fourth-order valence-corrected chi connectivity index (χ4v) is 4.36. The molecule has 0 spiro atoms. The summed E-state index contributed by atoms with van der Waals surface area (Å²) in [6.07, 6.45) is 0. The average Bonchev–Trinajstić information content (AvgIpc) is 2.62. The molecule has 8 heteroatoms. The quantitative estimate of drug-likeness (QED) is 0.701. The van der Waals surface area contributed by atoms with Gasteiger partial charge in [0, 0.05) is 0 Å². The number of nitrogens with one attached hydrogen (secondary N) is 1. The van der Waals surface area contributed by atoms with E-state index >= 15 is 0 Å². The number of primary sulfonamides is 1. The number of nitrogens with two attached hydrogens (primary N) is 1. The zero-order valence-corrected chi connectivity index (χ0v) is 15.2. The number of benzene rings is 3. The van der Waals surface area contributed by atoms with Crippen molar-refractivity contribution in [3.05, 3.63) is 78.9 Å². The highest BCUT2D eigenvalue weighted by Gasteiger charge is 2.20. The van der Waals surface area contributed by atoms with Crippen LogP contribution in [-0.4, -0.2) is 16.8 Å². The van der Waals surface area contributed by atoms with Crippen molar-refractivity contribution in [2.45, 2.75) is 9.79 Å². The minimum atomic E-state index is -4.07. The molecule has 3 aromatic carbocycles. The van der Waals surface area contributed by atoms with Crippen LogP contribution >= 0.6 is 0 Å². The molecule has 134 valence electrons. The van der Waals surface area contributed by atoms with E-state index in [2.05, 4.69) is 4.72 Å². The molecular formula is C18H16N2O4S2. The van der Waals surface area contributed by atoms with Gasteiger partial charge in [0.25, 0.3) is 10.0 Å². The molecule has 26 heavy (non-hydrogen) atoms. The number of hydrogen-bond donors (Lipinski definition) is 2. The third-order valence-electron chi connectivity index (χ3n) is 3.69. The molecule has 0 heterocycles. The second kappa shape index (κ2) is 6.91. The van der Waals surface area contributed by atoms with Crippen molar-refractivity contribution in [1.29, 1.82) is 0 Å². The third kappa shape index (κ3) is 3.93. The average molecular weight is 388 g/mol. The maximum atomic E-state index is 12.7. The molecule has 0 aliphatic carbocycles. The van der Waals surface area contributed by atoms with E-state index in [0.717, 1.165) is 11.1 Å². The van der Waals surface area contributed by atoms with Crippen LogP contribution in [0.1, 0.15) is 0 Å². The Hall–Kier alpha value is -2.68. The van der Waals surface area contributed by atoms with Gasteiger partial charge in [0.15, 0.2) is 0 Å². The van der Waals surface area contributed by atoms with Gasteiger partial charge in [0.1, 0.15) is 4.90 Å². The highest BCUT2D eigenvalue weighted by molar-refractivity contribution is 7.93. The maximum Gasteiger partial charge on any atom is 0.261 e. The van der Waals surface area contributed by atoms with Gasteiger partial charge in [0.05, 0.1) is 10.6 Å². The van der Waals surface area contributed by atoms with Crippen molar-refractivity contribution in [2.75, 3.05) is 4.72 Å². The van der Waals surface area contributed by atoms with Crippen LogP contribution < -0.4 is 9.86 Å². The number of para-hydroxylation sites is 1. The summed E-state index contributed by atoms with van der Waals surface area (Å²) >= 11 is 0. The fourth-order valence-electron chi connectivity index (χ4n) is 2.48. The lowest BCUT2D eigenvalue weighted by atomic mass is 10.1. The molecule has 0 aliphatic heterocycles. The molecule has 0 saturated heterocycles. The predicted molar refractivity (Wildman–Crippen MR) is 101 cm³/mol. The van der Waals surface area contributed by atoms with Crippen LogP contribution in [0.25, 0.3) is 11.1 Å². The van der Waals surface area contributed by atoms with E-state index in [9.17, 15) is 16.8 Å². The van der Waals surface area contributed by atoms with Crippen molar-refractivity contribution < 1.29 is 16.8 Å². The van der Waals surface area contributed by atoms with Crippen LogP contribution in [-0.2, 0) is 20.0 Å². The molecule has 6 nitrogen and oxygen atoms in total. The van der Waals surface area contributed by atoms with Crippen LogP contribution in [0, 0.1) is 0 Å². The lowest BCUT2D eigenvalue weighted by Gasteiger charge is -2.12. The van der Waals surface area contributed by atoms with E-state index in [0.29, 0.717) is 0 Å². The van der Waals surface area contributed by atoms with Crippen LogP contribution in [0.5, 0.6) is 0 Å². The third-order valence-corrected chi connectivity index (χ3v) is 6.02. The van der Waals surface area contributed by atoms with Gasteiger partial charge in [-0.25, -0.2) is 22.0 Å². The Labute approximate surface area is 152 Å². The molecule has 0 aromatic heterocycles. The molecule has 0 saturated carbocycles. The topological polar surface area (TPSA) is 106 Å². The van der Waals surface area contributed by atoms with E-state index in [-0.39, 0.29) is 15.5 Å². The highest BCUT2D eigenvalue weighted by Crippen LogP contribution is 2.26. The summed E-state index contributed by atoms with van der Waals surface area (Å²) in [5.74, 6) is 0. The molecule has 0 bridgehead atoms. The van der Waals surface area contributed by atoms with Gasteiger partial charge >= 0.3 is 0 Å². The van der Waals surface area contributed by atoms with E-state index < -0.39 is 20.0 Å². The van der Waals surface area contributed by atoms with E-state index in [4.69, 9.17) is 5.14 Å². The Balaban J connectivity index is 2.01. The Morgan fingerprint density at radius 1 is 0.692 bits per heavy atom. The second-order valence-corrected chi connectivity index (χ2v) is 8.75. The van der Waals surface area contributed by atoms with Crippen molar-refractivity contribution in [3.8, 4) is 11.1 Å². The molecular weight excluding hydrogens is 372 g/mol. The van der Waals surface area contributed by atoms with Crippen LogP contribution in [0.15, 0.2) is 88.7 Å². The zero-order chi connectivity index (χ0) is 18.8. The minimum absolute atomic E-state index is 0.0167. The van der Waals surface area contributed by atoms with E-state index in [1.54, 1.807) is 12.1 Å². The fraction of sp³-hybridized carbons (Fsp3) is 0.